The van der Waals surface area contributed by atoms with Gasteiger partial charge in [-0.05, 0) is 25.5 Å². The van der Waals surface area contributed by atoms with Crippen LogP contribution in [-0.2, 0) is 0 Å². The molecule has 0 aromatic carbocycles. The summed E-state index contributed by atoms with van der Waals surface area (Å²) in [5, 5.41) is 12.8. The maximum atomic E-state index is 12.0. The highest BCUT2D eigenvalue weighted by Crippen LogP contribution is 2.27. The summed E-state index contributed by atoms with van der Waals surface area (Å²) in [6.45, 7) is 3.94. The third kappa shape index (κ3) is 3.21. The molecule has 2 aromatic heterocycles. The van der Waals surface area contributed by atoms with Gasteiger partial charge in [0.2, 0.25) is 0 Å². The largest absolute Gasteiger partial charge is 0.462 e. The van der Waals surface area contributed by atoms with E-state index >= 15 is 0 Å². The van der Waals surface area contributed by atoms with Crippen molar-refractivity contribution in [3.05, 3.63) is 29.0 Å². The van der Waals surface area contributed by atoms with Crippen LogP contribution in [0.2, 0.25) is 0 Å². The SMILES string of the molecule is CCC(O)CNC(=O)c1nc(-c2ccco2)sc1C. The van der Waals surface area contributed by atoms with E-state index in [-0.39, 0.29) is 12.5 Å². The molecule has 0 aliphatic heterocycles. The van der Waals surface area contributed by atoms with Gasteiger partial charge >= 0.3 is 0 Å². The molecule has 0 saturated heterocycles. The van der Waals surface area contributed by atoms with Crippen LogP contribution in [0, 0.1) is 6.92 Å². The molecule has 2 aromatic rings. The zero-order valence-electron chi connectivity index (χ0n) is 10.8. The van der Waals surface area contributed by atoms with Crippen molar-refractivity contribution < 1.29 is 14.3 Å². The van der Waals surface area contributed by atoms with Gasteiger partial charge in [0.25, 0.3) is 5.91 Å². The number of aliphatic hydroxyl groups is 1. The molecule has 102 valence electrons. The molecule has 6 heteroatoms. The van der Waals surface area contributed by atoms with Crippen molar-refractivity contribution in [2.45, 2.75) is 26.4 Å². The molecule has 0 aliphatic rings. The number of hydrogen-bond donors (Lipinski definition) is 2. The fourth-order valence-electron chi connectivity index (χ4n) is 1.55. The highest BCUT2D eigenvalue weighted by molar-refractivity contribution is 7.15. The summed E-state index contributed by atoms with van der Waals surface area (Å²) in [6, 6.07) is 3.59. The predicted molar refractivity (Wildman–Crippen MR) is 73.2 cm³/mol. The van der Waals surface area contributed by atoms with Gasteiger partial charge in [0.1, 0.15) is 5.69 Å². The van der Waals surface area contributed by atoms with Crippen LogP contribution in [0.4, 0.5) is 0 Å². The van der Waals surface area contributed by atoms with Crippen molar-refractivity contribution in [1.82, 2.24) is 10.3 Å². The smallest absolute Gasteiger partial charge is 0.271 e. The third-order valence-electron chi connectivity index (χ3n) is 2.71. The fourth-order valence-corrected chi connectivity index (χ4v) is 2.43. The molecule has 1 amide bonds. The second-order valence-corrected chi connectivity index (χ2v) is 5.38. The standard InChI is InChI=1S/C13H16N2O3S/c1-3-9(16)7-14-12(17)11-8(2)19-13(15-11)10-5-4-6-18-10/h4-6,9,16H,3,7H2,1-2H3,(H,14,17). The van der Waals surface area contributed by atoms with Gasteiger partial charge in [0.05, 0.1) is 12.4 Å². The van der Waals surface area contributed by atoms with Crippen molar-refractivity contribution in [1.29, 1.82) is 0 Å². The second kappa shape index (κ2) is 5.99. The number of carbonyl (C=O) groups excluding carboxylic acids is 1. The van der Waals surface area contributed by atoms with Gasteiger partial charge in [-0.15, -0.1) is 11.3 Å². The molecule has 2 N–H and O–H groups in total. The minimum absolute atomic E-state index is 0.238. The summed E-state index contributed by atoms with van der Waals surface area (Å²) in [5.74, 6) is 0.389. The van der Waals surface area contributed by atoms with Crippen LogP contribution in [0.3, 0.4) is 0 Å². The highest BCUT2D eigenvalue weighted by Gasteiger charge is 2.17. The minimum atomic E-state index is -0.521. The average Bonchev–Trinajstić information content (AvgIpc) is 3.04. The molecule has 2 heterocycles. The number of hydrogen-bond acceptors (Lipinski definition) is 5. The lowest BCUT2D eigenvalue weighted by molar-refractivity contribution is 0.0909. The number of amides is 1. The van der Waals surface area contributed by atoms with E-state index in [1.54, 1.807) is 18.4 Å². The molecule has 1 atom stereocenters. The van der Waals surface area contributed by atoms with Crippen LogP contribution >= 0.6 is 11.3 Å². The molecule has 0 saturated carbocycles. The summed E-state index contributed by atoms with van der Waals surface area (Å²) >= 11 is 1.41. The van der Waals surface area contributed by atoms with Gasteiger partial charge in [0.15, 0.2) is 10.8 Å². The molecule has 0 fully saturated rings. The maximum Gasteiger partial charge on any atom is 0.271 e. The summed E-state index contributed by atoms with van der Waals surface area (Å²) in [7, 11) is 0. The maximum absolute atomic E-state index is 12.0. The quantitative estimate of drug-likeness (QED) is 0.880. The number of aliphatic hydroxyl groups excluding tert-OH is 1. The van der Waals surface area contributed by atoms with Crippen LogP contribution in [-0.4, -0.2) is 28.6 Å². The molecular formula is C13H16N2O3S. The van der Waals surface area contributed by atoms with Gasteiger partial charge in [0, 0.05) is 11.4 Å². The van der Waals surface area contributed by atoms with Crippen LogP contribution in [0.25, 0.3) is 10.8 Å². The van der Waals surface area contributed by atoms with Crippen molar-refractivity contribution in [2.75, 3.05) is 6.54 Å². The number of aromatic nitrogens is 1. The monoisotopic (exact) mass is 280 g/mol. The first-order chi connectivity index (χ1) is 9.11. The third-order valence-corrected chi connectivity index (χ3v) is 3.70. The molecular weight excluding hydrogens is 264 g/mol. The summed E-state index contributed by atoms with van der Waals surface area (Å²) in [5.41, 5.74) is 0.389. The number of furan rings is 1. The molecule has 0 spiro atoms. The average molecular weight is 280 g/mol. The van der Waals surface area contributed by atoms with E-state index in [1.165, 1.54) is 11.3 Å². The lowest BCUT2D eigenvalue weighted by atomic mass is 10.2. The number of carbonyl (C=O) groups is 1. The highest BCUT2D eigenvalue weighted by atomic mass is 32.1. The molecule has 0 radical (unpaired) electrons. The summed E-state index contributed by atoms with van der Waals surface area (Å²) in [6.07, 6.45) is 1.66. The first-order valence-corrected chi connectivity index (χ1v) is 6.91. The Morgan fingerprint density at radius 2 is 2.42 bits per heavy atom. The number of rotatable bonds is 5. The number of thiazole rings is 1. The Kier molecular flexibility index (Phi) is 4.34. The van der Waals surface area contributed by atoms with E-state index in [4.69, 9.17) is 4.42 Å². The van der Waals surface area contributed by atoms with E-state index in [0.717, 1.165) is 4.88 Å². The Hall–Kier alpha value is -1.66. The Morgan fingerprint density at radius 3 is 3.05 bits per heavy atom. The first kappa shape index (κ1) is 13.8. The van der Waals surface area contributed by atoms with Crippen molar-refractivity contribution in [2.24, 2.45) is 0 Å². The number of aryl methyl sites for hydroxylation is 1. The van der Waals surface area contributed by atoms with E-state index in [0.29, 0.717) is 22.9 Å². The predicted octanol–water partition coefficient (Wildman–Crippen LogP) is 2.21. The number of nitrogens with zero attached hydrogens (tertiary/aromatic N) is 1. The van der Waals surface area contributed by atoms with E-state index < -0.39 is 6.10 Å². The van der Waals surface area contributed by atoms with E-state index in [1.807, 2.05) is 13.8 Å². The Bertz CT molecular complexity index is 548. The summed E-state index contributed by atoms with van der Waals surface area (Å²) in [4.78, 5) is 17.1. The van der Waals surface area contributed by atoms with Crippen LogP contribution < -0.4 is 5.32 Å². The van der Waals surface area contributed by atoms with Gasteiger partial charge < -0.3 is 14.8 Å². The van der Waals surface area contributed by atoms with Gasteiger partial charge in [-0.1, -0.05) is 6.92 Å². The fraction of sp³-hybridized carbons (Fsp3) is 0.385. The lowest BCUT2D eigenvalue weighted by Crippen LogP contribution is -2.32. The van der Waals surface area contributed by atoms with Crippen LogP contribution in [0.1, 0.15) is 28.7 Å². The zero-order chi connectivity index (χ0) is 13.8. The molecule has 0 aliphatic carbocycles. The second-order valence-electron chi connectivity index (χ2n) is 4.17. The van der Waals surface area contributed by atoms with Crippen LogP contribution in [0.15, 0.2) is 22.8 Å². The Morgan fingerprint density at radius 1 is 1.63 bits per heavy atom. The molecule has 0 bridgehead atoms. The van der Waals surface area contributed by atoms with Gasteiger partial charge in [-0.2, -0.15) is 0 Å². The van der Waals surface area contributed by atoms with Crippen molar-refractivity contribution >= 4 is 17.2 Å². The molecule has 2 rings (SSSR count). The topological polar surface area (TPSA) is 75.4 Å². The van der Waals surface area contributed by atoms with Gasteiger partial charge in [-0.3, -0.25) is 4.79 Å². The first-order valence-electron chi connectivity index (χ1n) is 6.09. The lowest BCUT2D eigenvalue weighted by Gasteiger charge is -2.08. The molecule has 1 unspecified atom stereocenters. The van der Waals surface area contributed by atoms with E-state index in [2.05, 4.69) is 10.3 Å². The molecule has 19 heavy (non-hydrogen) atoms. The molecule has 5 nitrogen and oxygen atoms in total. The minimum Gasteiger partial charge on any atom is -0.462 e. The van der Waals surface area contributed by atoms with Crippen molar-refractivity contribution in [3.63, 3.8) is 0 Å². The van der Waals surface area contributed by atoms with E-state index in [9.17, 15) is 9.90 Å². The van der Waals surface area contributed by atoms with Crippen LogP contribution in [0.5, 0.6) is 0 Å². The normalized spacial score (nSPS) is 12.4. The Balaban J connectivity index is 2.10. The van der Waals surface area contributed by atoms with Crippen molar-refractivity contribution in [3.8, 4) is 10.8 Å². The summed E-state index contributed by atoms with van der Waals surface area (Å²) < 4.78 is 5.26. The Labute approximate surface area is 115 Å². The number of nitrogens with one attached hydrogen (secondary N) is 1. The zero-order valence-corrected chi connectivity index (χ0v) is 11.7. The van der Waals surface area contributed by atoms with Gasteiger partial charge in [-0.25, -0.2) is 4.98 Å².